The number of aliphatic hydroxyl groups excluding tert-OH is 1. The summed E-state index contributed by atoms with van der Waals surface area (Å²) in [6.45, 7) is 4.82. The van der Waals surface area contributed by atoms with Gasteiger partial charge in [-0.15, -0.1) is 0 Å². The van der Waals surface area contributed by atoms with Gasteiger partial charge >= 0.3 is 0 Å². The number of rotatable bonds is 5. The fourth-order valence-electron chi connectivity index (χ4n) is 2.28. The number of aryl methyl sites for hydroxylation is 2. The minimum atomic E-state index is 0.143. The Hall–Kier alpha value is -1.80. The molecule has 2 nitrogen and oxygen atoms in total. The van der Waals surface area contributed by atoms with Crippen molar-refractivity contribution >= 4 is 0 Å². The third-order valence-corrected chi connectivity index (χ3v) is 3.10. The van der Waals surface area contributed by atoms with Gasteiger partial charge in [0.05, 0.1) is 0 Å². The molecule has 0 aliphatic carbocycles. The third kappa shape index (κ3) is 3.58. The topological polar surface area (TPSA) is 29.5 Å². The van der Waals surface area contributed by atoms with Crippen LogP contribution in [0.25, 0.3) is 0 Å². The highest BCUT2D eigenvalue weighted by atomic mass is 16.5. The highest BCUT2D eigenvalue weighted by molar-refractivity contribution is 5.44. The second-order valence-corrected chi connectivity index (χ2v) is 4.82. The first-order valence-corrected chi connectivity index (χ1v) is 6.58. The molecular formula is C17H20O2. The third-order valence-electron chi connectivity index (χ3n) is 3.10. The molecule has 0 aromatic heterocycles. The van der Waals surface area contributed by atoms with Crippen molar-refractivity contribution in [3.05, 3.63) is 64.7 Å². The zero-order chi connectivity index (χ0) is 13.7. The number of aliphatic hydroxyl groups is 1. The largest absolute Gasteiger partial charge is 0.488 e. The van der Waals surface area contributed by atoms with E-state index in [2.05, 4.69) is 31.2 Å². The van der Waals surface area contributed by atoms with Crippen molar-refractivity contribution in [2.45, 2.75) is 26.9 Å². The molecule has 0 radical (unpaired) electrons. The number of hydrogen-bond donors (Lipinski definition) is 1. The Morgan fingerprint density at radius 2 is 1.79 bits per heavy atom. The zero-order valence-corrected chi connectivity index (χ0v) is 11.5. The maximum Gasteiger partial charge on any atom is 0.126 e. The van der Waals surface area contributed by atoms with Gasteiger partial charge in [0.1, 0.15) is 12.4 Å². The van der Waals surface area contributed by atoms with Crippen LogP contribution in [0, 0.1) is 13.8 Å². The molecule has 0 bridgehead atoms. The van der Waals surface area contributed by atoms with Crippen molar-refractivity contribution < 1.29 is 9.84 Å². The van der Waals surface area contributed by atoms with E-state index >= 15 is 0 Å². The van der Waals surface area contributed by atoms with Crippen molar-refractivity contribution in [2.75, 3.05) is 6.61 Å². The van der Waals surface area contributed by atoms with E-state index in [-0.39, 0.29) is 6.61 Å². The van der Waals surface area contributed by atoms with Crippen LogP contribution in [0.4, 0.5) is 0 Å². The van der Waals surface area contributed by atoms with Gasteiger partial charge in [-0.05, 0) is 37.0 Å². The molecule has 2 rings (SSSR count). The Morgan fingerprint density at radius 1 is 1.05 bits per heavy atom. The van der Waals surface area contributed by atoms with Gasteiger partial charge in [0.25, 0.3) is 0 Å². The Bertz CT molecular complexity index is 532. The highest BCUT2D eigenvalue weighted by Gasteiger charge is 2.08. The standard InChI is InChI=1S/C17H20O2/c1-13-10-14(2)17(16(11-13)8-9-18)19-12-15-6-4-3-5-7-15/h3-7,10-11,18H,8-9,12H2,1-2H3. The van der Waals surface area contributed by atoms with Gasteiger partial charge in [-0.1, -0.05) is 48.0 Å². The maximum absolute atomic E-state index is 9.16. The Balaban J connectivity index is 2.19. The number of ether oxygens (including phenoxy) is 1. The van der Waals surface area contributed by atoms with Crippen LogP contribution < -0.4 is 4.74 Å². The lowest BCUT2D eigenvalue weighted by molar-refractivity contribution is 0.283. The van der Waals surface area contributed by atoms with E-state index in [9.17, 15) is 0 Å². The molecule has 0 saturated carbocycles. The summed E-state index contributed by atoms with van der Waals surface area (Å²) in [5.74, 6) is 0.906. The van der Waals surface area contributed by atoms with E-state index < -0.39 is 0 Å². The summed E-state index contributed by atoms with van der Waals surface area (Å²) in [6, 6.07) is 14.3. The predicted molar refractivity (Wildman–Crippen MR) is 77.5 cm³/mol. The maximum atomic E-state index is 9.16. The monoisotopic (exact) mass is 256 g/mol. The average molecular weight is 256 g/mol. The Labute approximate surface area is 114 Å². The summed E-state index contributed by atoms with van der Waals surface area (Å²) >= 11 is 0. The van der Waals surface area contributed by atoms with Gasteiger partial charge in [-0.2, -0.15) is 0 Å². The molecule has 0 aliphatic heterocycles. The predicted octanol–water partition coefficient (Wildman–Crippen LogP) is 3.42. The quantitative estimate of drug-likeness (QED) is 0.888. The zero-order valence-electron chi connectivity index (χ0n) is 11.5. The van der Waals surface area contributed by atoms with Crippen molar-refractivity contribution in [2.24, 2.45) is 0 Å². The van der Waals surface area contributed by atoms with E-state index in [0.29, 0.717) is 13.0 Å². The summed E-state index contributed by atoms with van der Waals surface area (Å²) in [5.41, 5.74) is 4.56. The molecule has 2 aromatic rings. The number of benzene rings is 2. The van der Waals surface area contributed by atoms with Crippen LogP contribution in [-0.2, 0) is 13.0 Å². The summed E-state index contributed by atoms with van der Waals surface area (Å²) < 4.78 is 5.95. The number of hydrogen-bond acceptors (Lipinski definition) is 2. The lowest BCUT2D eigenvalue weighted by atomic mass is 10.0. The van der Waals surface area contributed by atoms with Crippen molar-refractivity contribution in [1.29, 1.82) is 0 Å². The lowest BCUT2D eigenvalue weighted by Crippen LogP contribution is -2.03. The van der Waals surface area contributed by atoms with Gasteiger partial charge in [-0.3, -0.25) is 0 Å². The minimum absolute atomic E-state index is 0.143. The molecule has 1 N–H and O–H groups in total. The molecule has 0 amide bonds. The molecule has 0 spiro atoms. The summed E-state index contributed by atoms with van der Waals surface area (Å²) in [6.07, 6.45) is 0.632. The van der Waals surface area contributed by atoms with Gasteiger partial charge in [0.2, 0.25) is 0 Å². The van der Waals surface area contributed by atoms with Crippen molar-refractivity contribution in [1.82, 2.24) is 0 Å². The van der Waals surface area contributed by atoms with Crippen LogP contribution in [0.15, 0.2) is 42.5 Å². The first kappa shape index (κ1) is 13.6. The van der Waals surface area contributed by atoms with Crippen LogP contribution in [0.5, 0.6) is 5.75 Å². The van der Waals surface area contributed by atoms with Gasteiger partial charge in [0, 0.05) is 6.61 Å². The second-order valence-electron chi connectivity index (χ2n) is 4.82. The lowest BCUT2D eigenvalue weighted by Gasteiger charge is -2.15. The summed E-state index contributed by atoms with van der Waals surface area (Å²) in [5, 5.41) is 9.16. The van der Waals surface area contributed by atoms with E-state index in [1.54, 1.807) is 0 Å². The molecule has 0 atom stereocenters. The average Bonchev–Trinajstić information content (AvgIpc) is 2.39. The molecular weight excluding hydrogens is 236 g/mol. The van der Waals surface area contributed by atoms with Crippen LogP contribution in [0.3, 0.4) is 0 Å². The van der Waals surface area contributed by atoms with E-state index in [1.165, 1.54) is 5.56 Å². The summed E-state index contributed by atoms with van der Waals surface area (Å²) in [4.78, 5) is 0. The van der Waals surface area contributed by atoms with Gasteiger partial charge in [0.15, 0.2) is 0 Å². The summed E-state index contributed by atoms with van der Waals surface area (Å²) in [7, 11) is 0. The first-order valence-electron chi connectivity index (χ1n) is 6.58. The SMILES string of the molecule is Cc1cc(C)c(OCc2ccccc2)c(CCO)c1. The van der Waals surface area contributed by atoms with Crippen molar-refractivity contribution in [3.8, 4) is 5.75 Å². The van der Waals surface area contributed by atoms with Crippen molar-refractivity contribution in [3.63, 3.8) is 0 Å². The van der Waals surface area contributed by atoms with Crippen LogP contribution in [0.1, 0.15) is 22.3 Å². The van der Waals surface area contributed by atoms with Gasteiger partial charge < -0.3 is 9.84 Å². The molecule has 0 saturated heterocycles. The van der Waals surface area contributed by atoms with Crippen LogP contribution >= 0.6 is 0 Å². The molecule has 19 heavy (non-hydrogen) atoms. The fourth-order valence-corrected chi connectivity index (χ4v) is 2.28. The minimum Gasteiger partial charge on any atom is -0.488 e. The first-order chi connectivity index (χ1) is 9.20. The van der Waals surface area contributed by atoms with E-state index in [1.807, 2.05) is 25.1 Å². The normalized spacial score (nSPS) is 10.5. The molecule has 0 aliphatic rings. The molecule has 0 unspecified atom stereocenters. The van der Waals surface area contributed by atoms with Crippen LogP contribution in [-0.4, -0.2) is 11.7 Å². The van der Waals surface area contributed by atoms with Gasteiger partial charge in [-0.25, -0.2) is 0 Å². The smallest absolute Gasteiger partial charge is 0.126 e. The second kappa shape index (κ2) is 6.39. The Morgan fingerprint density at radius 3 is 2.47 bits per heavy atom. The van der Waals surface area contributed by atoms with E-state index in [0.717, 1.165) is 22.4 Å². The fraction of sp³-hybridized carbons (Fsp3) is 0.294. The van der Waals surface area contributed by atoms with E-state index in [4.69, 9.17) is 9.84 Å². The molecule has 100 valence electrons. The highest BCUT2D eigenvalue weighted by Crippen LogP contribution is 2.26. The molecule has 2 heteroatoms. The Kier molecular flexibility index (Phi) is 4.58. The molecule has 0 fully saturated rings. The van der Waals surface area contributed by atoms with Crippen LogP contribution in [0.2, 0.25) is 0 Å². The molecule has 2 aromatic carbocycles. The molecule has 0 heterocycles.